The van der Waals surface area contributed by atoms with Crippen molar-refractivity contribution in [3.05, 3.63) is 82.4 Å². The first-order chi connectivity index (χ1) is 19.0. The number of quaternary nitrogens is 2. The first-order valence-corrected chi connectivity index (χ1v) is 15.1. The average Bonchev–Trinajstić information content (AvgIpc) is 3.10. The lowest BCUT2D eigenvalue weighted by Crippen LogP contribution is -3.15. The van der Waals surface area contributed by atoms with Crippen LogP contribution in [0.5, 0.6) is 11.5 Å². The number of piperazine rings is 1. The molecule has 0 radical (unpaired) electrons. The number of benzene rings is 3. The Morgan fingerprint density at radius 1 is 1.03 bits per heavy atom. The van der Waals surface area contributed by atoms with Gasteiger partial charge in [-0.05, 0) is 60.5 Å². The fourth-order valence-electron chi connectivity index (χ4n) is 5.22. The number of nitrogens with zero attached hydrogens (tertiary/aromatic N) is 2. The van der Waals surface area contributed by atoms with Crippen LogP contribution in [0.1, 0.15) is 29.7 Å². The van der Waals surface area contributed by atoms with Crippen LogP contribution in [0.3, 0.4) is 0 Å². The molecule has 0 spiro atoms. The molecule has 0 saturated carbocycles. The highest BCUT2D eigenvalue weighted by Gasteiger charge is 2.33. The van der Waals surface area contributed by atoms with Gasteiger partial charge < -0.3 is 19.3 Å². The summed E-state index contributed by atoms with van der Waals surface area (Å²) in [4.78, 5) is 5.63. The van der Waals surface area contributed by atoms with E-state index in [9.17, 15) is 0 Å². The predicted octanol–water partition coefficient (Wildman–Crippen LogP) is 3.25. The minimum absolute atomic E-state index is 0.386. The maximum atomic E-state index is 6.48. The summed E-state index contributed by atoms with van der Waals surface area (Å²) in [5.74, 6) is 1.56. The molecular weight excluding hydrogens is 528 g/mol. The third-order valence-corrected chi connectivity index (χ3v) is 8.78. The van der Waals surface area contributed by atoms with Gasteiger partial charge in [0, 0.05) is 26.8 Å². The van der Waals surface area contributed by atoms with Gasteiger partial charge in [0.15, 0.2) is 11.5 Å². The lowest BCUT2D eigenvalue weighted by molar-refractivity contribution is -0.936. The highest BCUT2D eigenvalue weighted by molar-refractivity contribution is 7.99. The van der Waals surface area contributed by atoms with E-state index in [0.29, 0.717) is 19.3 Å². The zero-order valence-corrected chi connectivity index (χ0v) is 24.7. The molecule has 3 aromatic rings. The zero-order chi connectivity index (χ0) is 27.2. The van der Waals surface area contributed by atoms with E-state index in [4.69, 9.17) is 26.2 Å². The predicted molar refractivity (Wildman–Crippen MR) is 159 cm³/mol. The Bertz CT molecular complexity index is 1290. The summed E-state index contributed by atoms with van der Waals surface area (Å²) in [5.41, 5.74) is 3.81. The van der Waals surface area contributed by atoms with Gasteiger partial charge >= 0.3 is 0 Å². The SMILES string of the molecule is CCOc1cc(/C=N\N2CC[NH+]([C@@H]3Cc4ccccc4Sc4ccc(Cl)cc43)CC2)ccc1OCC[NH+](C)C. The number of nitrogens with one attached hydrogen (secondary N) is 2. The van der Waals surface area contributed by atoms with E-state index < -0.39 is 0 Å². The first-order valence-electron chi connectivity index (χ1n) is 13.9. The fraction of sp³-hybridized carbons (Fsp3) is 0.387. The van der Waals surface area contributed by atoms with Gasteiger partial charge in [0.2, 0.25) is 0 Å². The van der Waals surface area contributed by atoms with E-state index in [1.165, 1.54) is 25.8 Å². The molecule has 0 amide bonds. The summed E-state index contributed by atoms with van der Waals surface area (Å²) in [5, 5.41) is 7.83. The number of likely N-dealkylation sites (N-methyl/N-ethyl adjacent to an activating group) is 1. The molecule has 0 bridgehead atoms. The largest absolute Gasteiger partial charge is 0.490 e. The smallest absolute Gasteiger partial charge is 0.161 e. The fourth-order valence-corrected chi connectivity index (χ4v) is 6.52. The van der Waals surface area contributed by atoms with E-state index in [1.54, 1.807) is 4.90 Å². The monoisotopic (exact) mass is 566 g/mol. The third kappa shape index (κ3) is 7.09. The number of halogens is 1. The van der Waals surface area contributed by atoms with E-state index in [-0.39, 0.29) is 0 Å². The number of fused-ring (bicyclic) bond motifs is 2. The Kier molecular flexibility index (Phi) is 9.35. The van der Waals surface area contributed by atoms with Gasteiger partial charge in [-0.2, -0.15) is 5.10 Å². The van der Waals surface area contributed by atoms with Crippen molar-refractivity contribution in [2.75, 3.05) is 60.0 Å². The molecule has 2 aliphatic rings. The number of rotatable bonds is 9. The Labute approximate surface area is 241 Å². The van der Waals surface area contributed by atoms with Gasteiger partial charge in [-0.15, -0.1) is 0 Å². The second-order valence-corrected chi connectivity index (χ2v) is 12.0. The highest BCUT2D eigenvalue weighted by atomic mass is 35.5. The standard InChI is InChI=1S/C31H37ClN4O2S/c1-4-37-29-19-23(9-11-28(29)38-18-17-34(2)3)22-33-36-15-13-35(14-16-36)27-20-24-7-5-6-8-30(24)39-31-12-10-25(32)21-26(27)31/h5-12,19,21-22,27H,4,13-18,20H2,1-3H3/p+2/b33-22-/t27-/m1/s1. The normalized spacial score (nSPS) is 17.7. The van der Waals surface area contributed by atoms with Crippen molar-refractivity contribution in [1.29, 1.82) is 0 Å². The summed E-state index contributed by atoms with van der Waals surface area (Å²) < 4.78 is 11.8. The highest BCUT2D eigenvalue weighted by Crippen LogP contribution is 2.40. The molecule has 0 aliphatic carbocycles. The molecule has 2 heterocycles. The molecule has 1 saturated heterocycles. The second-order valence-electron chi connectivity index (χ2n) is 10.4. The summed E-state index contributed by atoms with van der Waals surface area (Å²) in [6, 6.07) is 21.6. The lowest BCUT2D eigenvalue weighted by atomic mass is 9.97. The number of hydrogen-bond acceptors (Lipinski definition) is 5. The molecule has 2 N–H and O–H groups in total. The Morgan fingerprint density at radius 2 is 1.85 bits per heavy atom. The van der Waals surface area contributed by atoms with Crippen molar-refractivity contribution in [1.82, 2.24) is 5.01 Å². The molecule has 2 aliphatic heterocycles. The molecule has 0 aromatic heterocycles. The van der Waals surface area contributed by atoms with Crippen LogP contribution in [-0.2, 0) is 6.42 Å². The van der Waals surface area contributed by atoms with Crippen molar-refractivity contribution in [2.24, 2.45) is 5.10 Å². The van der Waals surface area contributed by atoms with Crippen LogP contribution in [0.25, 0.3) is 0 Å². The molecule has 5 rings (SSSR count). The Morgan fingerprint density at radius 3 is 2.64 bits per heavy atom. The molecule has 206 valence electrons. The second kappa shape index (κ2) is 13.1. The summed E-state index contributed by atoms with van der Waals surface area (Å²) >= 11 is 8.35. The quantitative estimate of drug-likeness (QED) is 0.390. The van der Waals surface area contributed by atoms with Gasteiger partial charge in [-0.25, -0.2) is 0 Å². The van der Waals surface area contributed by atoms with Crippen LogP contribution in [-0.4, -0.2) is 71.3 Å². The van der Waals surface area contributed by atoms with Crippen LogP contribution in [0.2, 0.25) is 5.02 Å². The van der Waals surface area contributed by atoms with Gasteiger partial charge in [0.05, 0.1) is 53.1 Å². The van der Waals surface area contributed by atoms with E-state index in [0.717, 1.165) is 61.2 Å². The minimum Gasteiger partial charge on any atom is -0.490 e. The van der Waals surface area contributed by atoms with Gasteiger partial charge in [0.1, 0.15) is 19.2 Å². The number of hydrogen-bond donors (Lipinski definition) is 2. The van der Waals surface area contributed by atoms with Crippen LogP contribution in [0.15, 0.2) is 75.6 Å². The number of ether oxygens (including phenoxy) is 2. The molecule has 3 aromatic carbocycles. The zero-order valence-electron chi connectivity index (χ0n) is 23.1. The van der Waals surface area contributed by atoms with Crippen molar-refractivity contribution in [3.63, 3.8) is 0 Å². The van der Waals surface area contributed by atoms with Gasteiger partial charge in [-0.3, -0.25) is 5.01 Å². The van der Waals surface area contributed by atoms with E-state index in [1.807, 2.05) is 49.2 Å². The lowest BCUT2D eigenvalue weighted by Gasteiger charge is -2.35. The molecule has 1 fully saturated rings. The summed E-state index contributed by atoms with van der Waals surface area (Å²) in [7, 11) is 4.24. The van der Waals surface area contributed by atoms with Crippen molar-refractivity contribution < 1.29 is 19.3 Å². The molecular formula is C31H39ClN4O2S+2. The van der Waals surface area contributed by atoms with Crippen LogP contribution in [0.4, 0.5) is 0 Å². The first kappa shape index (κ1) is 27.8. The van der Waals surface area contributed by atoms with Crippen LogP contribution >= 0.6 is 23.4 Å². The maximum absolute atomic E-state index is 6.48. The van der Waals surface area contributed by atoms with E-state index in [2.05, 4.69) is 55.5 Å². The number of hydrazone groups is 1. The summed E-state index contributed by atoms with van der Waals surface area (Å²) in [6.45, 7) is 8.08. The molecule has 8 heteroatoms. The van der Waals surface area contributed by atoms with Crippen molar-refractivity contribution in [2.45, 2.75) is 29.2 Å². The third-order valence-electron chi connectivity index (χ3n) is 7.34. The average molecular weight is 567 g/mol. The van der Waals surface area contributed by atoms with Crippen molar-refractivity contribution >= 4 is 29.6 Å². The van der Waals surface area contributed by atoms with Crippen LogP contribution < -0.4 is 19.3 Å². The minimum atomic E-state index is 0.386. The topological polar surface area (TPSA) is 42.9 Å². The Balaban J connectivity index is 1.25. The molecule has 6 nitrogen and oxygen atoms in total. The molecule has 0 unspecified atom stereocenters. The van der Waals surface area contributed by atoms with Gasteiger partial charge in [-0.1, -0.05) is 41.6 Å². The Hall–Kier alpha value is -2.71. The van der Waals surface area contributed by atoms with Crippen LogP contribution in [0, 0.1) is 0 Å². The molecule has 1 atom stereocenters. The summed E-state index contributed by atoms with van der Waals surface area (Å²) in [6.07, 6.45) is 2.97. The maximum Gasteiger partial charge on any atom is 0.161 e. The van der Waals surface area contributed by atoms with E-state index >= 15 is 0 Å². The molecule has 39 heavy (non-hydrogen) atoms. The van der Waals surface area contributed by atoms with Gasteiger partial charge in [0.25, 0.3) is 0 Å². The van der Waals surface area contributed by atoms with Crippen molar-refractivity contribution in [3.8, 4) is 11.5 Å².